The number of fused-ring (bicyclic) bond motifs is 1. The number of aliphatic hydroxyl groups excluding tert-OH is 2. The number of nitrogen functional groups attached to an aromatic ring is 1. The largest absolute Gasteiger partial charge is 0.481 e. The highest BCUT2D eigenvalue weighted by molar-refractivity contribution is 8.13. The van der Waals surface area contributed by atoms with Crippen molar-refractivity contribution in [3.8, 4) is 0 Å². The predicted molar refractivity (Wildman–Crippen MR) is 251 cm³/mol. The fraction of sp³-hybridized carbons (Fsp3) is 0.700. The van der Waals surface area contributed by atoms with Gasteiger partial charge in [0.15, 0.2) is 22.8 Å². The quantitative estimate of drug-likeness (QED) is 0.0256. The van der Waals surface area contributed by atoms with Gasteiger partial charge in [0, 0.05) is 37.1 Å². The second-order valence-electron chi connectivity index (χ2n) is 16.6. The molecular formula is C40H68N7O17P3S. The lowest BCUT2D eigenvalue weighted by Crippen LogP contribution is -2.46. The first-order valence-corrected chi connectivity index (χ1v) is 27.9. The minimum atomic E-state index is -5.58. The number of imidazole rings is 1. The van der Waals surface area contributed by atoms with Crippen molar-refractivity contribution in [1.29, 1.82) is 0 Å². The lowest BCUT2D eigenvalue weighted by Gasteiger charge is -2.30. The van der Waals surface area contributed by atoms with Crippen molar-refractivity contribution < 1.29 is 80.5 Å². The highest BCUT2D eigenvalue weighted by Crippen LogP contribution is 2.61. The van der Waals surface area contributed by atoms with Crippen LogP contribution in [0.4, 0.5) is 5.82 Å². The molecule has 1 aliphatic heterocycles. The lowest BCUT2D eigenvalue weighted by molar-refractivity contribution is -0.137. The van der Waals surface area contributed by atoms with Gasteiger partial charge in [-0.05, 0) is 38.5 Å². The van der Waals surface area contributed by atoms with E-state index < -0.39 is 84.6 Å². The Labute approximate surface area is 400 Å². The van der Waals surface area contributed by atoms with Gasteiger partial charge in [0.1, 0.15) is 36.3 Å². The second kappa shape index (κ2) is 29.4. The average molecular weight is 1040 g/mol. The van der Waals surface area contributed by atoms with Crippen LogP contribution < -0.4 is 16.4 Å². The van der Waals surface area contributed by atoms with Crippen molar-refractivity contribution in [3.63, 3.8) is 0 Å². The minimum absolute atomic E-state index is 0.0325. The van der Waals surface area contributed by atoms with E-state index in [4.69, 9.17) is 19.5 Å². The average Bonchev–Trinajstić information content (AvgIpc) is 3.83. The van der Waals surface area contributed by atoms with Crippen LogP contribution in [0.2, 0.25) is 0 Å². The summed E-state index contributed by atoms with van der Waals surface area (Å²) < 4.78 is 62.4. The monoisotopic (exact) mass is 1040 g/mol. The van der Waals surface area contributed by atoms with E-state index in [-0.39, 0.29) is 41.6 Å². The van der Waals surface area contributed by atoms with Crippen molar-refractivity contribution in [2.75, 3.05) is 37.8 Å². The Hall–Kier alpha value is -2.96. The molecule has 2 aromatic heterocycles. The number of hydrogen-bond donors (Lipinski definition) is 9. The van der Waals surface area contributed by atoms with Crippen LogP contribution in [0.5, 0.6) is 0 Å². The van der Waals surface area contributed by atoms with Crippen LogP contribution in [0.15, 0.2) is 37.0 Å². The first kappa shape index (κ1) is 59.3. The number of nitrogens with two attached hydrogens (primary N) is 1. The number of phosphoric ester groups is 3. The third-order valence-corrected chi connectivity index (χ3v) is 14.4. The maximum Gasteiger partial charge on any atom is 0.481 e. The van der Waals surface area contributed by atoms with Gasteiger partial charge in [-0.2, -0.15) is 4.31 Å². The van der Waals surface area contributed by atoms with Gasteiger partial charge in [-0.1, -0.05) is 95.4 Å². The highest BCUT2D eigenvalue weighted by atomic mass is 32.2. The van der Waals surface area contributed by atoms with Gasteiger partial charge < -0.3 is 50.9 Å². The Morgan fingerprint density at radius 1 is 0.897 bits per heavy atom. The molecule has 1 saturated heterocycles. The molecule has 24 nitrogen and oxygen atoms in total. The molecule has 3 rings (SSSR count). The highest BCUT2D eigenvalue weighted by Gasteiger charge is 2.50. The number of phosphoric acid groups is 3. The molecule has 0 saturated carbocycles. The zero-order valence-electron chi connectivity index (χ0n) is 38.6. The molecule has 0 radical (unpaired) electrons. The molecule has 68 heavy (non-hydrogen) atoms. The molecule has 28 heteroatoms. The number of allylic oxidation sites excluding steroid dienone is 4. The van der Waals surface area contributed by atoms with Gasteiger partial charge >= 0.3 is 23.5 Å². The Balaban J connectivity index is 1.30. The van der Waals surface area contributed by atoms with Gasteiger partial charge in [-0.3, -0.25) is 32.5 Å². The Kier molecular flexibility index (Phi) is 25.7. The molecule has 7 atom stereocenters. The van der Waals surface area contributed by atoms with E-state index in [1.807, 2.05) is 0 Å². The first-order valence-electron chi connectivity index (χ1n) is 22.4. The molecule has 10 N–H and O–H groups in total. The third kappa shape index (κ3) is 22.0. The summed E-state index contributed by atoms with van der Waals surface area (Å²) in [7, 11) is -16.4. The molecule has 0 bridgehead atoms. The number of rotatable bonds is 34. The van der Waals surface area contributed by atoms with Gasteiger partial charge in [-0.25, -0.2) is 28.6 Å². The Morgan fingerprint density at radius 2 is 1.54 bits per heavy atom. The number of unbranched alkanes of at least 4 members (excludes halogenated alkanes) is 9. The fourth-order valence-electron chi connectivity index (χ4n) is 6.62. The van der Waals surface area contributed by atoms with E-state index in [9.17, 15) is 57.9 Å². The second-order valence-corrected chi connectivity index (χ2v) is 22.0. The van der Waals surface area contributed by atoms with Crippen LogP contribution in [0.3, 0.4) is 0 Å². The fourth-order valence-corrected chi connectivity index (χ4v) is 10.2. The van der Waals surface area contributed by atoms with E-state index in [1.165, 1.54) is 39.5 Å². The topological polar surface area (TPSA) is 364 Å². The van der Waals surface area contributed by atoms with Gasteiger partial charge in [0.05, 0.1) is 19.5 Å². The summed E-state index contributed by atoms with van der Waals surface area (Å²) in [5, 5.41) is 26.7. The molecule has 0 spiro atoms. The van der Waals surface area contributed by atoms with Crippen molar-refractivity contribution in [3.05, 3.63) is 37.0 Å². The van der Waals surface area contributed by atoms with Gasteiger partial charge in [0.2, 0.25) is 11.8 Å². The predicted octanol–water partition coefficient (Wildman–Crippen LogP) is 4.87. The number of nitrogens with one attached hydrogen (secondary N) is 2. The van der Waals surface area contributed by atoms with Crippen LogP contribution in [0.25, 0.3) is 11.2 Å². The maximum atomic E-state index is 12.7. The Bertz CT molecular complexity index is 2110. The van der Waals surface area contributed by atoms with Gasteiger partial charge in [0.25, 0.3) is 0 Å². The number of hydrogen-bond acceptors (Lipinski definition) is 18. The van der Waals surface area contributed by atoms with Crippen molar-refractivity contribution in [2.24, 2.45) is 5.41 Å². The van der Waals surface area contributed by atoms with E-state index in [0.717, 1.165) is 80.4 Å². The zero-order chi connectivity index (χ0) is 50.4. The molecule has 386 valence electrons. The van der Waals surface area contributed by atoms with Crippen molar-refractivity contribution in [2.45, 2.75) is 141 Å². The minimum Gasteiger partial charge on any atom is -0.386 e. The maximum absolute atomic E-state index is 12.7. The van der Waals surface area contributed by atoms with Gasteiger partial charge in [-0.15, -0.1) is 0 Å². The van der Waals surface area contributed by atoms with Crippen LogP contribution in [0.1, 0.15) is 117 Å². The van der Waals surface area contributed by atoms with Crippen LogP contribution >= 0.6 is 35.2 Å². The number of carbonyl (C=O) groups is 3. The number of ether oxygens (including phenoxy) is 1. The number of amides is 2. The zero-order valence-corrected chi connectivity index (χ0v) is 42.1. The van der Waals surface area contributed by atoms with Crippen LogP contribution in [0, 0.1) is 5.41 Å². The lowest BCUT2D eigenvalue weighted by atomic mass is 9.87. The summed E-state index contributed by atoms with van der Waals surface area (Å²) in [6.07, 6.45) is 16.0. The normalized spacial score (nSPS) is 20.2. The number of thioether (sulfide) groups is 1. The standard InChI is InChI=1S/C40H68N7O17P3S/c1-4-5-6-7-8-9-10-11-12-13-14-15-16-17-18-19-20-31(49)68-24-23-42-30(48)21-22-43-38(52)35(51)40(2,3)26-61-67(58,59)64-66(56,57)60-25-29-34(63-65(53,54)55)33(50)39(62-29)47-28-46-32-36(41)44-27-45-37(32)47/h8-9,11-12,27-29,33-35,39,50-51H,4-7,10,13-26H2,1-3H3,(H,42,48)(H,43,52)(H,56,57)(H,58,59)(H2,41,44,45)(H2,53,54,55)/b9-8-,12-11-/t29-,33-,34-,35+,39-/m1/s1. The van der Waals surface area contributed by atoms with E-state index in [1.54, 1.807) is 0 Å². The van der Waals surface area contributed by atoms with E-state index in [0.29, 0.717) is 12.2 Å². The molecule has 0 aromatic carbocycles. The number of aromatic nitrogens is 4. The third-order valence-electron chi connectivity index (χ3n) is 10.3. The van der Waals surface area contributed by atoms with Crippen LogP contribution in [-0.2, 0) is 50.7 Å². The molecule has 1 fully saturated rings. The summed E-state index contributed by atoms with van der Waals surface area (Å²) in [6, 6.07) is 0. The van der Waals surface area contributed by atoms with Crippen LogP contribution in [-0.4, -0.2) is 123 Å². The number of aliphatic hydroxyl groups is 2. The van der Waals surface area contributed by atoms with Crippen molar-refractivity contribution >= 4 is 69.1 Å². The molecule has 2 amide bonds. The van der Waals surface area contributed by atoms with E-state index >= 15 is 0 Å². The number of nitrogens with zero attached hydrogens (tertiary/aromatic N) is 4. The summed E-state index contributed by atoms with van der Waals surface area (Å²) in [6.45, 7) is 2.77. The molecule has 1 aliphatic rings. The Morgan fingerprint density at radius 3 is 2.22 bits per heavy atom. The summed E-state index contributed by atoms with van der Waals surface area (Å²) in [4.78, 5) is 88.4. The summed E-state index contributed by atoms with van der Waals surface area (Å²) in [5.41, 5.74) is 4.28. The smallest absolute Gasteiger partial charge is 0.386 e. The molecule has 2 unspecified atom stereocenters. The molecular weight excluding hydrogens is 975 g/mol. The molecule has 2 aromatic rings. The number of anilines is 1. The first-order chi connectivity index (χ1) is 32.1. The molecule has 0 aliphatic carbocycles. The van der Waals surface area contributed by atoms with Crippen molar-refractivity contribution in [1.82, 2.24) is 30.2 Å². The molecule has 3 heterocycles. The summed E-state index contributed by atoms with van der Waals surface area (Å²) in [5.74, 6) is -1.04. The van der Waals surface area contributed by atoms with E-state index in [2.05, 4.69) is 65.6 Å². The summed E-state index contributed by atoms with van der Waals surface area (Å²) >= 11 is 1.15. The SMILES string of the molecule is CCCCC/C=C\C/C=C\CCCCCCCCC(=O)SCCNC(=O)CCNC(=O)[C@H](O)C(C)(C)COP(=O)(O)OP(=O)(O)OC[C@H]1O[C@@H](n2cnc3c(N)ncnc32)[C@H](O)[C@@H]1OP(=O)(O)O. The number of carbonyl (C=O) groups excluding carboxylic acids is 3.